The Labute approximate surface area is 116 Å². The van der Waals surface area contributed by atoms with E-state index >= 15 is 0 Å². The summed E-state index contributed by atoms with van der Waals surface area (Å²) < 4.78 is 0. The number of hydrogen-bond acceptors (Lipinski definition) is 4. The molecule has 0 aliphatic heterocycles. The molecule has 0 atom stereocenters. The highest BCUT2D eigenvalue weighted by Gasteiger charge is 2.07. The molecule has 0 aromatic heterocycles. The molecule has 5 nitrogen and oxygen atoms in total. The number of hydrogen-bond donors (Lipinski definition) is 3. The number of nitrogens with zero attached hydrogens (tertiary/aromatic N) is 1. The van der Waals surface area contributed by atoms with Gasteiger partial charge in [0.05, 0.1) is 5.71 Å². The maximum atomic E-state index is 11.8. The van der Waals surface area contributed by atoms with Crippen molar-refractivity contribution in [3.63, 3.8) is 0 Å². The summed E-state index contributed by atoms with van der Waals surface area (Å²) in [4.78, 5) is 11.8. The van der Waals surface area contributed by atoms with Gasteiger partial charge in [-0.05, 0) is 31.2 Å². The molecule has 0 bridgehead atoms. The van der Waals surface area contributed by atoms with Gasteiger partial charge in [-0.3, -0.25) is 4.79 Å². The van der Waals surface area contributed by atoms with E-state index in [4.69, 9.17) is 0 Å². The summed E-state index contributed by atoms with van der Waals surface area (Å²) in [6.45, 7) is 1.65. The van der Waals surface area contributed by atoms with Crippen LogP contribution < -0.4 is 5.43 Å². The number of nitrogens with one attached hydrogen (secondary N) is 1. The van der Waals surface area contributed by atoms with Crippen LogP contribution in [0.1, 0.15) is 22.8 Å². The number of carbonyl (C=O) groups excluding carboxylic acids is 1. The van der Waals surface area contributed by atoms with Crippen molar-refractivity contribution < 1.29 is 15.0 Å². The van der Waals surface area contributed by atoms with E-state index in [1.54, 1.807) is 31.2 Å². The maximum Gasteiger partial charge on any atom is 0.271 e. The van der Waals surface area contributed by atoms with Crippen molar-refractivity contribution in [2.24, 2.45) is 5.10 Å². The number of carbonyl (C=O) groups is 1. The molecule has 2 aromatic rings. The van der Waals surface area contributed by atoms with Gasteiger partial charge in [-0.15, -0.1) is 0 Å². The van der Waals surface area contributed by atoms with E-state index in [0.717, 1.165) is 0 Å². The second-order valence-corrected chi connectivity index (χ2v) is 4.21. The maximum absolute atomic E-state index is 11.8. The van der Waals surface area contributed by atoms with Crippen LogP contribution in [0.3, 0.4) is 0 Å². The van der Waals surface area contributed by atoms with Crippen molar-refractivity contribution in [3.05, 3.63) is 59.7 Å². The lowest BCUT2D eigenvalue weighted by Gasteiger charge is -2.05. The van der Waals surface area contributed by atoms with Gasteiger partial charge in [0.1, 0.15) is 11.5 Å². The average molecular weight is 270 g/mol. The number of hydrazone groups is 1. The molecule has 20 heavy (non-hydrogen) atoms. The monoisotopic (exact) mass is 270 g/mol. The smallest absolute Gasteiger partial charge is 0.271 e. The van der Waals surface area contributed by atoms with Crippen LogP contribution in [0.25, 0.3) is 0 Å². The molecule has 3 N–H and O–H groups in total. The fourth-order valence-electron chi connectivity index (χ4n) is 1.67. The fraction of sp³-hybridized carbons (Fsp3) is 0.0667. The third-order valence-electron chi connectivity index (χ3n) is 2.73. The molecule has 102 valence electrons. The van der Waals surface area contributed by atoms with E-state index < -0.39 is 0 Å². The van der Waals surface area contributed by atoms with Crippen LogP contribution in [0.2, 0.25) is 0 Å². The first kappa shape index (κ1) is 13.6. The quantitative estimate of drug-likeness (QED) is 0.591. The molecule has 0 fully saturated rings. The van der Waals surface area contributed by atoms with Crippen molar-refractivity contribution in [1.82, 2.24) is 5.43 Å². The van der Waals surface area contributed by atoms with E-state index in [-0.39, 0.29) is 17.4 Å². The summed E-state index contributed by atoms with van der Waals surface area (Å²) in [6.07, 6.45) is 0. The topological polar surface area (TPSA) is 81.9 Å². The Bertz CT molecular complexity index is 651. The van der Waals surface area contributed by atoms with Gasteiger partial charge in [-0.2, -0.15) is 5.10 Å². The van der Waals surface area contributed by atoms with Crippen molar-refractivity contribution in [2.75, 3.05) is 0 Å². The number of rotatable bonds is 3. The molecule has 0 heterocycles. The normalized spacial score (nSPS) is 11.2. The van der Waals surface area contributed by atoms with Crippen LogP contribution >= 0.6 is 0 Å². The fourth-order valence-corrected chi connectivity index (χ4v) is 1.67. The third-order valence-corrected chi connectivity index (χ3v) is 2.73. The molecule has 0 radical (unpaired) electrons. The predicted octanol–water partition coefficient (Wildman–Crippen LogP) is 2.25. The Balaban J connectivity index is 2.13. The number of aromatic hydroxyl groups is 2. The van der Waals surface area contributed by atoms with E-state index in [0.29, 0.717) is 16.8 Å². The molecule has 0 saturated carbocycles. The third kappa shape index (κ3) is 3.14. The Hall–Kier alpha value is -2.82. The number of benzene rings is 2. The summed E-state index contributed by atoms with van der Waals surface area (Å²) in [5.41, 5.74) is 3.79. The van der Waals surface area contributed by atoms with Crippen molar-refractivity contribution in [3.8, 4) is 11.5 Å². The SMILES string of the molecule is C/C(=N\NC(=O)c1ccccc1)c1ccc(O)cc1O. The number of phenols is 2. The first-order chi connectivity index (χ1) is 9.58. The van der Waals surface area contributed by atoms with Gasteiger partial charge >= 0.3 is 0 Å². The van der Waals surface area contributed by atoms with Crippen molar-refractivity contribution >= 4 is 11.6 Å². The first-order valence-electron chi connectivity index (χ1n) is 6.00. The predicted molar refractivity (Wildman–Crippen MR) is 75.9 cm³/mol. The van der Waals surface area contributed by atoms with Gasteiger partial charge in [0.2, 0.25) is 0 Å². The molecule has 1 amide bonds. The zero-order chi connectivity index (χ0) is 14.5. The van der Waals surface area contributed by atoms with Crippen LogP contribution in [-0.2, 0) is 0 Å². The molecule has 0 spiro atoms. The van der Waals surface area contributed by atoms with Crippen molar-refractivity contribution in [1.29, 1.82) is 0 Å². The molecular formula is C15H14N2O3. The second kappa shape index (κ2) is 5.88. The van der Waals surface area contributed by atoms with Gasteiger partial charge in [-0.1, -0.05) is 18.2 Å². The Morgan fingerprint density at radius 3 is 2.45 bits per heavy atom. The minimum atomic E-state index is -0.330. The minimum absolute atomic E-state index is 0.0348. The van der Waals surface area contributed by atoms with Crippen LogP contribution in [-0.4, -0.2) is 21.8 Å². The van der Waals surface area contributed by atoms with Gasteiger partial charge in [-0.25, -0.2) is 5.43 Å². The van der Waals surface area contributed by atoms with E-state index in [9.17, 15) is 15.0 Å². The Morgan fingerprint density at radius 1 is 1.10 bits per heavy atom. The van der Waals surface area contributed by atoms with Crippen LogP contribution in [0.5, 0.6) is 11.5 Å². The highest BCUT2D eigenvalue weighted by molar-refractivity contribution is 6.02. The zero-order valence-corrected chi connectivity index (χ0v) is 10.9. The first-order valence-corrected chi connectivity index (χ1v) is 6.00. The van der Waals surface area contributed by atoms with E-state index in [2.05, 4.69) is 10.5 Å². The van der Waals surface area contributed by atoms with E-state index in [1.807, 2.05) is 6.07 Å². The van der Waals surface area contributed by atoms with Gasteiger partial charge < -0.3 is 10.2 Å². The summed E-state index contributed by atoms with van der Waals surface area (Å²) in [5.74, 6) is -0.462. The Kier molecular flexibility index (Phi) is 4.00. The Morgan fingerprint density at radius 2 is 1.80 bits per heavy atom. The van der Waals surface area contributed by atoms with Crippen molar-refractivity contribution in [2.45, 2.75) is 6.92 Å². The van der Waals surface area contributed by atoms with Crippen LogP contribution in [0.15, 0.2) is 53.6 Å². The van der Waals surface area contributed by atoms with Gasteiger partial charge in [0.15, 0.2) is 0 Å². The molecular weight excluding hydrogens is 256 g/mol. The summed E-state index contributed by atoms with van der Waals surface area (Å²) >= 11 is 0. The largest absolute Gasteiger partial charge is 0.508 e. The second-order valence-electron chi connectivity index (χ2n) is 4.21. The van der Waals surface area contributed by atoms with E-state index in [1.165, 1.54) is 18.2 Å². The number of phenolic OH excluding ortho intramolecular Hbond substituents is 2. The zero-order valence-electron chi connectivity index (χ0n) is 10.9. The molecule has 0 saturated heterocycles. The minimum Gasteiger partial charge on any atom is -0.508 e. The van der Waals surface area contributed by atoms with Crippen LogP contribution in [0, 0.1) is 0 Å². The molecule has 2 rings (SSSR count). The summed E-state index contributed by atoms with van der Waals surface area (Å²) in [6, 6.07) is 12.9. The highest BCUT2D eigenvalue weighted by atomic mass is 16.3. The standard InChI is InChI=1S/C15H14N2O3/c1-10(13-8-7-12(18)9-14(13)19)16-17-15(20)11-5-3-2-4-6-11/h2-9,18-19H,1H3,(H,17,20)/b16-10+. The molecule has 5 heteroatoms. The summed E-state index contributed by atoms with van der Waals surface area (Å²) in [7, 11) is 0. The molecule has 2 aromatic carbocycles. The van der Waals surface area contributed by atoms with Crippen LogP contribution in [0.4, 0.5) is 0 Å². The lowest BCUT2D eigenvalue weighted by Crippen LogP contribution is -2.19. The molecule has 0 aliphatic rings. The summed E-state index contributed by atoms with van der Waals surface area (Å²) in [5, 5.41) is 22.8. The average Bonchev–Trinajstić information content (AvgIpc) is 2.45. The lowest BCUT2D eigenvalue weighted by molar-refractivity contribution is 0.0955. The van der Waals surface area contributed by atoms with Gasteiger partial charge in [0, 0.05) is 17.2 Å². The lowest BCUT2D eigenvalue weighted by atomic mass is 10.1. The number of amides is 1. The highest BCUT2D eigenvalue weighted by Crippen LogP contribution is 2.22. The van der Waals surface area contributed by atoms with Gasteiger partial charge in [0.25, 0.3) is 5.91 Å². The molecule has 0 aliphatic carbocycles. The molecule has 0 unspecified atom stereocenters.